The highest BCUT2D eigenvalue weighted by Gasteiger charge is 2.33. The molecule has 1 atom stereocenters. The molecule has 2 N–H and O–H groups in total. The summed E-state index contributed by atoms with van der Waals surface area (Å²) in [6.07, 6.45) is 4.16. The Hall–Kier alpha value is -4.49. The number of rotatable bonds is 13. The Bertz CT molecular complexity index is 1940. The van der Waals surface area contributed by atoms with Crippen molar-refractivity contribution in [2.75, 3.05) is 24.4 Å². The van der Waals surface area contributed by atoms with Crippen molar-refractivity contribution in [2.24, 2.45) is 7.05 Å². The highest BCUT2D eigenvalue weighted by molar-refractivity contribution is 7.92. The van der Waals surface area contributed by atoms with Gasteiger partial charge in [-0.15, -0.1) is 0 Å². The van der Waals surface area contributed by atoms with Gasteiger partial charge in [0.05, 0.1) is 35.3 Å². The molecule has 0 unspecified atom stereocenters. The van der Waals surface area contributed by atoms with Gasteiger partial charge in [-0.3, -0.25) is 19.0 Å². The van der Waals surface area contributed by atoms with E-state index in [4.69, 9.17) is 5.10 Å². The second-order valence-electron chi connectivity index (χ2n) is 12.8. The number of aliphatic hydroxyl groups is 1. The van der Waals surface area contributed by atoms with Gasteiger partial charge in [-0.05, 0) is 75.4 Å². The van der Waals surface area contributed by atoms with E-state index in [1.165, 1.54) is 10.7 Å². The lowest BCUT2D eigenvalue weighted by Gasteiger charge is -2.36. The topological polar surface area (TPSA) is 143 Å². The Balaban J connectivity index is 1.59. The van der Waals surface area contributed by atoms with Crippen LogP contribution in [-0.4, -0.2) is 80.4 Å². The van der Waals surface area contributed by atoms with E-state index < -0.39 is 22.0 Å². The van der Waals surface area contributed by atoms with Crippen molar-refractivity contribution >= 4 is 27.5 Å². The molecule has 1 aliphatic heterocycles. The number of aliphatic hydroxyl groups excluding tert-OH is 1. The molecular weight excluding hydrogens is 643 g/mol. The molecule has 2 aromatic heterocycles. The summed E-state index contributed by atoms with van der Waals surface area (Å²) in [5, 5.41) is 19.4. The van der Waals surface area contributed by atoms with Gasteiger partial charge in [0.2, 0.25) is 0 Å². The lowest BCUT2D eigenvalue weighted by atomic mass is 9.93. The van der Waals surface area contributed by atoms with E-state index in [2.05, 4.69) is 23.7 Å². The number of sulfonamides is 1. The highest BCUT2D eigenvalue weighted by Crippen LogP contribution is 2.30. The maximum atomic E-state index is 14.6. The molecule has 13 heteroatoms. The van der Waals surface area contributed by atoms with Crippen molar-refractivity contribution in [3.8, 4) is 5.69 Å². The zero-order chi connectivity index (χ0) is 35.5. The van der Waals surface area contributed by atoms with Gasteiger partial charge in [0.1, 0.15) is 4.90 Å². The average molecular weight is 690 g/mol. The summed E-state index contributed by atoms with van der Waals surface area (Å²) in [6.45, 7) is 10.6. The van der Waals surface area contributed by atoms with Gasteiger partial charge in [0.15, 0.2) is 5.69 Å². The minimum absolute atomic E-state index is 0.0710. The zero-order valence-corrected chi connectivity index (χ0v) is 30.0. The average Bonchev–Trinajstić information content (AvgIpc) is 3.60. The third-order valence-corrected chi connectivity index (χ3v) is 10.8. The maximum Gasteiger partial charge on any atom is 0.274 e. The number of carbonyl (C=O) groups excluding carboxylic acids is 2. The molecule has 0 spiro atoms. The lowest BCUT2D eigenvalue weighted by molar-refractivity contribution is 0.0544. The van der Waals surface area contributed by atoms with Crippen LogP contribution in [0.25, 0.3) is 5.69 Å². The lowest BCUT2D eigenvalue weighted by Crippen LogP contribution is -2.46. The van der Waals surface area contributed by atoms with Crippen LogP contribution >= 0.6 is 0 Å². The second-order valence-corrected chi connectivity index (χ2v) is 14.4. The molecule has 49 heavy (non-hydrogen) atoms. The number of anilines is 1. The molecule has 2 amide bonds. The van der Waals surface area contributed by atoms with Crippen molar-refractivity contribution in [1.82, 2.24) is 29.4 Å². The standard InChI is InChI=1S/C36H47N7O5S/c1-7-9-17-41(18-10-8-2)36(46)32-19-24(3)43(38-32)33-16-15-29(39-49(47,48)34-25(4)37-40(6)26(34)5)21-31(33)35(45)42-22-28-14-12-11-13-27(28)20-30(42)23-44/h11-16,19,21,30,39,44H,7-10,17-18,20,22-23H2,1-6H3/t30-/m0/s1. The summed E-state index contributed by atoms with van der Waals surface area (Å²) in [7, 11) is -2.39. The maximum absolute atomic E-state index is 14.6. The molecule has 0 saturated heterocycles. The van der Waals surface area contributed by atoms with E-state index in [1.807, 2.05) is 36.1 Å². The van der Waals surface area contributed by atoms with Gasteiger partial charge >= 0.3 is 0 Å². The largest absolute Gasteiger partial charge is 0.394 e. The SMILES string of the molecule is CCCCN(CCCC)C(=O)c1cc(C)n(-c2ccc(NS(=O)(=O)c3c(C)nn(C)c3C)cc2C(=O)N2Cc3ccccc3C[C@H]2CO)n1. The fourth-order valence-corrected chi connectivity index (χ4v) is 7.94. The summed E-state index contributed by atoms with van der Waals surface area (Å²) in [5.74, 6) is -0.565. The van der Waals surface area contributed by atoms with Crippen molar-refractivity contribution in [3.63, 3.8) is 0 Å². The van der Waals surface area contributed by atoms with Crippen LogP contribution < -0.4 is 4.72 Å². The quantitative estimate of drug-likeness (QED) is 0.203. The molecule has 3 heterocycles. The van der Waals surface area contributed by atoms with E-state index in [9.17, 15) is 23.1 Å². The molecule has 0 fully saturated rings. The molecule has 4 aromatic rings. The summed E-state index contributed by atoms with van der Waals surface area (Å²) >= 11 is 0. The number of amides is 2. The predicted octanol–water partition coefficient (Wildman–Crippen LogP) is 4.93. The minimum atomic E-state index is -4.07. The molecule has 5 rings (SSSR count). The Kier molecular flexibility index (Phi) is 10.9. The van der Waals surface area contributed by atoms with E-state index >= 15 is 0 Å². The minimum Gasteiger partial charge on any atom is -0.394 e. The first-order chi connectivity index (χ1) is 23.4. The van der Waals surface area contributed by atoms with Gasteiger partial charge in [0.25, 0.3) is 21.8 Å². The van der Waals surface area contributed by atoms with Gasteiger partial charge in [-0.25, -0.2) is 13.1 Å². The van der Waals surface area contributed by atoms with E-state index in [0.717, 1.165) is 36.8 Å². The van der Waals surface area contributed by atoms with Crippen LogP contribution in [-0.2, 0) is 30.0 Å². The normalized spacial score (nSPS) is 14.5. The van der Waals surface area contributed by atoms with E-state index in [0.29, 0.717) is 42.3 Å². The van der Waals surface area contributed by atoms with Gasteiger partial charge < -0.3 is 14.9 Å². The van der Waals surface area contributed by atoms with Crippen LogP contribution in [0, 0.1) is 20.8 Å². The number of nitrogens with zero attached hydrogens (tertiary/aromatic N) is 6. The first-order valence-corrected chi connectivity index (χ1v) is 18.4. The Morgan fingerprint density at radius 3 is 2.27 bits per heavy atom. The summed E-state index contributed by atoms with van der Waals surface area (Å²) in [6, 6.07) is 13.8. The second kappa shape index (κ2) is 15.0. The van der Waals surface area contributed by atoms with Crippen LogP contribution in [0.15, 0.2) is 53.4 Å². The molecule has 0 radical (unpaired) electrons. The van der Waals surface area contributed by atoms with Gasteiger partial charge in [-0.2, -0.15) is 10.2 Å². The molecule has 262 valence electrons. The summed E-state index contributed by atoms with van der Waals surface area (Å²) < 4.78 is 33.0. The molecule has 12 nitrogen and oxygen atoms in total. The zero-order valence-electron chi connectivity index (χ0n) is 29.2. The number of nitrogens with one attached hydrogen (secondary N) is 1. The Labute approximate surface area is 288 Å². The molecular formula is C36H47N7O5S. The fourth-order valence-electron chi connectivity index (χ4n) is 6.45. The summed E-state index contributed by atoms with van der Waals surface area (Å²) in [4.78, 5) is 31.8. The number of benzene rings is 2. The highest BCUT2D eigenvalue weighted by atomic mass is 32.2. The van der Waals surface area contributed by atoms with E-state index in [1.54, 1.807) is 48.7 Å². The molecule has 0 aliphatic carbocycles. The molecule has 2 aromatic carbocycles. The number of unbranched alkanes of at least 4 members (excludes halogenated alkanes) is 2. The van der Waals surface area contributed by atoms with Crippen LogP contribution in [0.3, 0.4) is 0 Å². The molecule has 1 aliphatic rings. The number of hydrogen-bond acceptors (Lipinski definition) is 7. The van der Waals surface area contributed by atoms with Crippen LogP contribution in [0.4, 0.5) is 5.69 Å². The number of carbonyl (C=O) groups is 2. The van der Waals surface area contributed by atoms with Gasteiger partial charge in [0, 0.05) is 38.1 Å². The summed E-state index contributed by atoms with van der Waals surface area (Å²) in [5.41, 5.74) is 4.54. The number of fused-ring (bicyclic) bond motifs is 1. The first-order valence-electron chi connectivity index (χ1n) is 16.9. The van der Waals surface area contributed by atoms with Crippen molar-refractivity contribution in [1.29, 1.82) is 0 Å². The number of aromatic nitrogens is 4. The number of hydrogen-bond donors (Lipinski definition) is 2. The fraction of sp³-hybridized carbons (Fsp3) is 0.444. The van der Waals surface area contributed by atoms with Crippen molar-refractivity contribution in [3.05, 3.63) is 88.0 Å². The Morgan fingerprint density at radius 2 is 1.65 bits per heavy atom. The number of aryl methyl sites for hydroxylation is 3. The molecule has 0 saturated carbocycles. The predicted molar refractivity (Wildman–Crippen MR) is 188 cm³/mol. The monoisotopic (exact) mass is 689 g/mol. The third kappa shape index (κ3) is 7.42. The van der Waals surface area contributed by atoms with E-state index in [-0.39, 0.29) is 40.9 Å². The first kappa shape index (κ1) is 35.8. The van der Waals surface area contributed by atoms with Crippen LogP contribution in [0.5, 0.6) is 0 Å². The van der Waals surface area contributed by atoms with Crippen molar-refractivity contribution in [2.45, 2.75) is 84.2 Å². The third-order valence-electron chi connectivity index (χ3n) is 9.20. The van der Waals surface area contributed by atoms with Crippen molar-refractivity contribution < 1.29 is 23.1 Å². The van der Waals surface area contributed by atoms with Crippen LogP contribution in [0.1, 0.15) is 88.6 Å². The van der Waals surface area contributed by atoms with Gasteiger partial charge in [-0.1, -0.05) is 51.0 Å². The Morgan fingerprint density at radius 1 is 0.980 bits per heavy atom. The van der Waals surface area contributed by atoms with Crippen LogP contribution in [0.2, 0.25) is 0 Å². The smallest absolute Gasteiger partial charge is 0.274 e. The molecule has 0 bridgehead atoms.